The van der Waals surface area contributed by atoms with Crippen molar-refractivity contribution in [2.45, 2.75) is 51.9 Å². The molecule has 0 radical (unpaired) electrons. The van der Waals surface area contributed by atoms with Gasteiger partial charge in [0.25, 0.3) is 0 Å². The maximum absolute atomic E-state index is 11.1. The van der Waals surface area contributed by atoms with Gasteiger partial charge in [0, 0.05) is 5.57 Å². The predicted molar refractivity (Wildman–Crippen MR) is 76.7 cm³/mol. The highest BCUT2D eigenvalue weighted by Crippen LogP contribution is 2.06. The average molecular weight is 300 g/mol. The predicted octanol–water partition coefficient (Wildman–Crippen LogP) is 2.46. The molecule has 0 heterocycles. The van der Waals surface area contributed by atoms with Crippen LogP contribution in [-0.2, 0) is 23.9 Å². The summed E-state index contributed by atoms with van der Waals surface area (Å²) < 4.78 is 9.72. The number of carbonyl (C=O) groups excluding carboxylic acids is 2. The van der Waals surface area contributed by atoms with Crippen molar-refractivity contribution in [3.63, 3.8) is 0 Å². The van der Waals surface area contributed by atoms with Crippen molar-refractivity contribution >= 4 is 17.9 Å². The van der Waals surface area contributed by atoms with Crippen molar-refractivity contribution < 1.29 is 29.0 Å². The quantitative estimate of drug-likeness (QED) is 0.258. The van der Waals surface area contributed by atoms with E-state index < -0.39 is 18.4 Å². The van der Waals surface area contributed by atoms with Gasteiger partial charge in [-0.1, -0.05) is 32.3 Å². The molecule has 0 rings (SSSR count). The lowest BCUT2D eigenvalue weighted by Gasteiger charge is -2.05. The summed E-state index contributed by atoms with van der Waals surface area (Å²) in [7, 11) is 0. The number of aliphatic carboxylic acids is 1. The molecular formula is C15H24O6. The minimum absolute atomic E-state index is 0.266. The molecule has 0 aromatic heterocycles. The molecule has 0 saturated heterocycles. The second-order valence-electron chi connectivity index (χ2n) is 4.83. The lowest BCUT2D eigenvalue weighted by Crippen LogP contribution is -2.11. The van der Waals surface area contributed by atoms with E-state index in [9.17, 15) is 14.4 Å². The zero-order valence-corrected chi connectivity index (χ0v) is 12.6. The second-order valence-corrected chi connectivity index (χ2v) is 4.83. The van der Waals surface area contributed by atoms with Crippen LogP contribution in [0.4, 0.5) is 0 Å². The standard InChI is InChI=1S/C15H24O6/c1-12(2)15(19)21-10-8-6-4-3-5-7-9-20-14(18)11-13(16)17/h1,3-11H2,2H3,(H,16,17). The van der Waals surface area contributed by atoms with Crippen molar-refractivity contribution in [3.05, 3.63) is 12.2 Å². The van der Waals surface area contributed by atoms with E-state index in [-0.39, 0.29) is 12.6 Å². The molecule has 0 atom stereocenters. The van der Waals surface area contributed by atoms with Gasteiger partial charge < -0.3 is 14.6 Å². The average Bonchev–Trinajstić information content (AvgIpc) is 2.39. The third kappa shape index (κ3) is 12.9. The highest BCUT2D eigenvalue weighted by atomic mass is 16.5. The zero-order chi connectivity index (χ0) is 16.1. The van der Waals surface area contributed by atoms with Crippen molar-refractivity contribution in [2.24, 2.45) is 0 Å². The Morgan fingerprint density at radius 1 is 0.905 bits per heavy atom. The number of hydrogen-bond donors (Lipinski definition) is 1. The SMILES string of the molecule is C=C(C)C(=O)OCCCCCCCCOC(=O)CC(=O)O. The molecule has 0 aliphatic rings. The maximum atomic E-state index is 11.1. The number of hydrogen-bond acceptors (Lipinski definition) is 5. The first-order chi connectivity index (χ1) is 9.93. The molecule has 0 amide bonds. The van der Waals surface area contributed by atoms with Crippen molar-refractivity contribution in [1.82, 2.24) is 0 Å². The summed E-state index contributed by atoms with van der Waals surface area (Å²) >= 11 is 0. The van der Waals surface area contributed by atoms with Crippen LogP contribution in [0.15, 0.2) is 12.2 Å². The van der Waals surface area contributed by atoms with E-state index in [1.165, 1.54) is 0 Å². The molecule has 120 valence electrons. The fourth-order valence-electron chi connectivity index (χ4n) is 1.56. The molecule has 0 saturated carbocycles. The maximum Gasteiger partial charge on any atom is 0.333 e. The number of unbranched alkanes of at least 4 members (excludes halogenated alkanes) is 5. The molecule has 0 aliphatic heterocycles. The molecule has 0 aliphatic carbocycles. The summed E-state index contributed by atoms with van der Waals surface area (Å²) in [5, 5.41) is 8.36. The van der Waals surface area contributed by atoms with Crippen molar-refractivity contribution in [2.75, 3.05) is 13.2 Å². The van der Waals surface area contributed by atoms with Gasteiger partial charge in [-0.2, -0.15) is 0 Å². The van der Waals surface area contributed by atoms with E-state index in [1.54, 1.807) is 6.92 Å². The Hall–Kier alpha value is -1.85. The number of rotatable bonds is 12. The summed E-state index contributed by atoms with van der Waals surface area (Å²) in [6, 6.07) is 0. The topological polar surface area (TPSA) is 89.9 Å². The largest absolute Gasteiger partial charge is 0.481 e. The van der Waals surface area contributed by atoms with Gasteiger partial charge in [-0.25, -0.2) is 4.79 Å². The monoisotopic (exact) mass is 300 g/mol. The normalized spacial score (nSPS) is 9.95. The molecule has 0 bridgehead atoms. The third-order valence-electron chi connectivity index (χ3n) is 2.68. The smallest absolute Gasteiger partial charge is 0.333 e. The first-order valence-corrected chi connectivity index (χ1v) is 7.13. The van der Waals surface area contributed by atoms with Gasteiger partial charge in [0.2, 0.25) is 0 Å². The van der Waals surface area contributed by atoms with Gasteiger partial charge in [-0.3, -0.25) is 9.59 Å². The van der Waals surface area contributed by atoms with Crippen molar-refractivity contribution in [3.8, 4) is 0 Å². The lowest BCUT2D eigenvalue weighted by molar-refractivity contribution is -0.151. The highest BCUT2D eigenvalue weighted by molar-refractivity contribution is 5.90. The van der Waals surface area contributed by atoms with Gasteiger partial charge in [0.15, 0.2) is 0 Å². The Morgan fingerprint density at radius 3 is 1.86 bits per heavy atom. The van der Waals surface area contributed by atoms with Gasteiger partial charge >= 0.3 is 17.9 Å². The van der Waals surface area contributed by atoms with Gasteiger partial charge in [0.1, 0.15) is 6.42 Å². The minimum atomic E-state index is -1.17. The van der Waals surface area contributed by atoms with Crippen LogP contribution in [0.3, 0.4) is 0 Å². The lowest BCUT2D eigenvalue weighted by atomic mass is 10.1. The van der Waals surface area contributed by atoms with E-state index in [1.807, 2.05) is 0 Å². The summed E-state index contributed by atoms with van der Waals surface area (Å²) in [4.78, 5) is 32.2. The molecular weight excluding hydrogens is 276 g/mol. The fourth-order valence-corrected chi connectivity index (χ4v) is 1.56. The van der Waals surface area contributed by atoms with E-state index >= 15 is 0 Å². The fraction of sp³-hybridized carbons (Fsp3) is 0.667. The molecule has 0 spiro atoms. The van der Waals surface area contributed by atoms with E-state index in [4.69, 9.17) is 14.6 Å². The number of carbonyl (C=O) groups is 3. The Labute approximate surface area is 125 Å². The highest BCUT2D eigenvalue weighted by Gasteiger charge is 2.07. The molecule has 6 heteroatoms. The summed E-state index contributed by atoms with van der Waals surface area (Å²) in [5.74, 6) is -2.22. The van der Waals surface area contributed by atoms with E-state index in [0.29, 0.717) is 12.2 Å². The summed E-state index contributed by atoms with van der Waals surface area (Å²) in [6.45, 7) is 5.80. The van der Waals surface area contributed by atoms with Crippen LogP contribution >= 0.6 is 0 Å². The number of carboxylic acids is 1. The van der Waals surface area contributed by atoms with Gasteiger partial charge in [-0.15, -0.1) is 0 Å². The summed E-state index contributed by atoms with van der Waals surface area (Å²) in [5.41, 5.74) is 0.410. The zero-order valence-electron chi connectivity index (χ0n) is 12.6. The molecule has 21 heavy (non-hydrogen) atoms. The molecule has 6 nitrogen and oxygen atoms in total. The van der Waals surface area contributed by atoms with Crippen LogP contribution in [0, 0.1) is 0 Å². The molecule has 0 fully saturated rings. The van der Waals surface area contributed by atoms with Crippen LogP contribution in [0.25, 0.3) is 0 Å². The van der Waals surface area contributed by atoms with E-state index in [2.05, 4.69) is 6.58 Å². The first-order valence-electron chi connectivity index (χ1n) is 7.13. The van der Waals surface area contributed by atoms with Crippen molar-refractivity contribution in [1.29, 1.82) is 0 Å². The molecule has 0 unspecified atom stereocenters. The van der Waals surface area contributed by atoms with Crippen LogP contribution in [0.1, 0.15) is 51.9 Å². The third-order valence-corrected chi connectivity index (χ3v) is 2.68. The Morgan fingerprint density at radius 2 is 1.38 bits per heavy atom. The summed E-state index contributed by atoms with van der Waals surface area (Å²) in [6.07, 6.45) is 4.90. The number of ether oxygens (including phenoxy) is 2. The van der Waals surface area contributed by atoms with Crippen LogP contribution < -0.4 is 0 Å². The van der Waals surface area contributed by atoms with Gasteiger partial charge in [0.05, 0.1) is 13.2 Å². The van der Waals surface area contributed by atoms with Crippen LogP contribution in [0.5, 0.6) is 0 Å². The minimum Gasteiger partial charge on any atom is -0.481 e. The van der Waals surface area contributed by atoms with E-state index in [0.717, 1.165) is 38.5 Å². The Kier molecular flexibility index (Phi) is 10.9. The molecule has 1 N–H and O–H groups in total. The Balaban J connectivity index is 3.26. The van der Waals surface area contributed by atoms with Crippen LogP contribution in [0.2, 0.25) is 0 Å². The number of esters is 2. The van der Waals surface area contributed by atoms with Gasteiger partial charge in [-0.05, 0) is 19.8 Å². The first kappa shape index (κ1) is 19.1. The second kappa shape index (κ2) is 11.9. The van der Waals surface area contributed by atoms with Crippen LogP contribution in [-0.4, -0.2) is 36.2 Å². The number of carboxylic acid groups (broad SMARTS) is 1. The molecule has 0 aromatic carbocycles. The molecule has 0 aromatic rings. The Bertz CT molecular complexity index is 361.